The van der Waals surface area contributed by atoms with Crippen molar-refractivity contribution in [3.63, 3.8) is 0 Å². The van der Waals surface area contributed by atoms with Gasteiger partial charge in [-0.15, -0.1) is 11.3 Å². The van der Waals surface area contributed by atoms with Gasteiger partial charge in [0, 0.05) is 24.4 Å². The molecule has 2 heterocycles. The zero-order valence-electron chi connectivity index (χ0n) is 12.8. The summed E-state index contributed by atoms with van der Waals surface area (Å²) < 4.78 is 19.0. The average molecular weight is 320 g/mol. The van der Waals surface area contributed by atoms with Crippen molar-refractivity contribution in [1.29, 1.82) is 0 Å². The van der Waals surface area contributed by atoms with Crippen LogP contribution in [0.4, 0.5) is 4.39 Å². The summed E-state index contributed by atoms with van der Waals surface area (Å²) >= 11 is 1.64. The van der Waals surface area contributed by atoms with Gasteiger partial charge in [-0.2, -0.15) is 0 Å². The molecular weight excluding hydrogens is 299 g/mol. The molecule has 0 radical (unpaired) electrons. The molecule has 1 unspecified atom stereocenters. The number of para-hydroxylation sites is 1. The van der Waals surface area contributed by atoms with E-state index in [4.69, 9.17) is 4.74 Å². The number of benzene rings is 1. The van der Waals surface area contributed by atoms with E-state index in [1.165, 1.54) is 25.3 Å². The van der Waals surface area contributed by atoms with Crippen molar-refractivity contribution in [1.82, 2.24) is 9.88 Å². The third-order valence-electron chi connectivity index (χ3n) is 4.35. The molecule has 1 aromatic carbocycles. The van der Waals surface area contributed by atoms with Gasteiger partial charge >= 0.3 is 0 Å². The van der Waals surface area contributed by atoms with Gasteiger partial charge in [0.2, 0.25) is 0 Å². The lowest BCUT2D eigenvalue weighted by Gasteiger charge is -2.25. The van der Waals surface area contributed by atoms with E-state index in [1.807, 2.05) is 11.6 Å². The van der Waals surface area contributed by atoms with Gasteiger partial charge in [-0.1, -0.05) is 12.1 Å². The van der Waals surface area contributed by atoms with Gasteiger partial charge in [-0.3, -0.25) is 4.90 Å². The first-order chi connectivity index (χ1) is 10.8. The molecular formula is C17H21FN2OS. The van der Waals surface area contributed by atoms with Crippen molar-refractivity contribution in [2.24, 2.45) is 0 Å². The topological polar surface area (TPSA) is 25.4 Å². The van der Waals surface area contributed by atoms with Gasteiger partial charge in [-0.05, 0) is 37.4 Å². The Hall–Kier alpha value is -1.46. The molecule has 3 rings (SSSR count). The first-order valence-electron chi connectivity index (χ1n) is 7.70. The maximum Gasteiger partial charge on any atom is 0.165 e. The number of rotatable bonds is 6. The Kier molecular flexibility index (Phi) is 5.05. The molecule has 1 atom stereocenters. The highest BCUT2D eigenvalue weighted by Crippen LogP contribution is 2.28. The minimum Gasteiger partial charge on any atom is -0.493 e. The lowest BCUT2D eigenvalue weighted by Crippen LogP contribution is -2.33. The molecule has 1 saturated heterocycles. The third-order valence-corrected chi connectivity index (χ3v) is 4.98. The SMILES string of the molecule is COc1c(F)cccc1CC1CCCN1CCc1cscn1. The molecule has 0 bridgehead atoms. The number of hydrogen-bond acceptors (Lipinski definition) is 4. The van der Waals surface area contributed by atoms with Crippen LogP contribution in [0, 0.1) is 5.82 Å². The summed E-state index contributed by atoms with van der Waals surface area (Å²) in [6, 6.07) is 5.66. The maximum absolute atomic E-state index is 13.8. The molecule has 0 amide bonds. The van der Waals surface area contributed by atoms with Crippen LogP contribution in [0.2, 0.25) is 0 Å². The van der Waals surface area contributed by atoms with Crippen LogP contribution in [-0.2, 0) is 12.8 Å². The Morgan fingerprint density at radius 3 is 3.14 bits per heavy atom. The molecule has 0 N–H and O–H groups in total. The molecule has 1 aliphatic heterocycles. The highest BCUT2D eigenvalue weighted by Gasteiger charge is 2.25. The summed E-state index contributed by atoms with van der Waals surface area (Å²) in [7, 11) is 1.54. The van der Waals surface area contributed by atoms with Crippen molar-refractivity contribution >= 4 is 11.3 Å². The van der Waals surface area contributed by atoms with Gasteiger partial charge in [-0.25, -0.2) is 9.37 Å². The molecule has 22 heavy (non-hydrogen) atoms. The predicted octanol–water partition coefficient (Wildman–Crippen LogP) is 3.54. The number of ether oxygens (including phenoxy) is 1. The average Bonchev–Trinajstić information content (AvgIpc) is 3.17. The van der Waals surface area contributed by atoms with E-state index in [1.54, 1.807) is 17.4 Å². The highest BCUT2D eigenvalue weighted by atomic mass is 32.1. The smallest absolute Gasteiger partial charge is 0.165 e. The van der Waals surface area contributed by atoms with Gasteiger partial charge in [0.25, 0.3) is 0 Å². The van der Waals surface area contributed by atoms with Crippen LogP contribution in [0.5, 0.6) is 5.75 Å². The number of nitrogens with zero attached hydrogens (tertiary/aromatic N) is 2. The molecule has 5 heteroatoms. The Morgan fingerprint density at radius 1 is 1.45 bits per heavy atom. The summed E-state index contributed by atoms with van der Waals surface area (Å²) in [6.07, 6.45) is 4.20. The first kappa shape index (κ1) is 15.4. The predicted molar refractivity (Wildman–Crippen MR) is 87.1 cm³/mol. The fourth-order valence-corrected chi connectivity index (χ4v) is 3.83. The van der Waals surface area contributed by atoms with Crippen LogP contribution in [0.25, 0.3) is 0 Å². The van der Waals surface area contributed by atoms with Crippen molar-refractivity contribution in [3.8, 4) is 5.75 Å². The highest BCUT2D eigenvalue weighted by molar-refractivity contribution is 7.07. The molecule has 1 aliphatic rings. The summed E-state index contributed by atoms with van der Waals surface area (Å²) in [4.78, 5) is 6.85. The van der Waals surface area contributed by atoms with Crippen LogP contribution >= 0.6 is 11.3 Å². The van der Waals surface area contributed by atoms with Gasteiger partial charge in [0.15, 0.2) is 11.6 Å². The number of aromatic nitrogens is 1. The standard InChI is InChI=1S/C17H21FN2OS/c1-21-17-13(4-2-6-16(17)18)10-15-5-3-8-20(15)9-7-14-11-22-12-19-14/h2,4,6,11-12,15H,3,5,7-10H2,1H3. The van der Waals surface area contributed by atoms with E-state index >= 15 is 0 Å². The molecule has 0 spiro atoms. The van der Waals surface area contributed by atoms with Gasteiger partial charge in [0.1, 0.15) is 0 Å². The second kappa shape index (κ2) is 7.20. The van der Waals surface area contributed by atoms with E-state index in [-0.39, 0.29) is 5.82 Å². The normalized spacial score (nSPS) is 18.7. The van der Waals surface area contributed by atoms with Gasteiger partial charge < -0.3 is 4.74 Å². The first-order valence-corrected chi connectivity index (χ1v) is 8.64. The van der Waals surface area contributed by atoms with Gasteiger partial charge in [0.05, 0.1) is 18.3 Å². The van der Waals surface area contributed by atoms with Crippen molar-refractivity contribution in [3.05, 3.63) is 46.2 Å². The van der Waals surface area contributed by atoms with Crippen LogP contribution in [-0.4, -0.2) is 36.1 Å². The lowest BCUT2D eigenvalue weighted by atomic mass is 10.0. The quantitative estimate of drug-likeness (QED) is 0.814. The summed E-state index contributed by atoms with van der Waals surface area (Å²) in [5.74, 6) is 0.126. The minimum absolute atomic E-state index is 0.271. The Labute approximate surface area is 134 Å². The molecule has 1 fully saturated rings. The van der Waals surface area contributed by atoms with E-state index in [9.17, 15) is 4.39 Å². The minimum atomic E-state index is -0.271. The number of likely N-dealkylation sites (tertiary alicyclic amines) is 1. The molecule has 1 aromatic heterocycles. The molecule has 3 nitrogen and oxygen atoms in total. The van der Waals surface area contributed by atoms with Crippen molar-refractivity contribution < 1.29 is 9.13 Å². The molecule has 118 valence electrons. The monoisotopic (exact) mass is 320 g/mol. The summed E-state index contributed by atoms with van der Waals surface area (Å²) in [6.45, 7) is 2.14. The van der Waals surface area contributed by atoms with Crippen molar-refractivity contribution in [2.45, 2.75) is 31.7 Å². The fraction of sp³-hybridized carbons (Fsp3) is 0.471. The van der Waals surface area contributed by atoms with Crippen molar-refractivity contribution in [2.75, 3.05) is 20.2 Å². The number of hydrogen-bond donors (Lipinski definition) is 0. The Bertz CT molecular complexity index is 603. The van der Waals surface area contributed by atoms with E-state index in [0.29, 0.717) is 11.8 Å². The van der Waals surface area contributed by atoms with E-state index < -0.39 is 0 Å². The van der Waals surface area contributed by atoms with Crippen LogP contribution in [0.3, 0.4) is 0 Å². The van der Waals surface area contributed by atoms with Crippen LogP contribution in [0.1, 0.15) is 24.1 Å². The third kappa shape index (κ3) is 3.47. The number of halogens is 1. The van der Waals surface area contributed by atoms with E-state index in [0.717, 1.165) is 37.9 Å². The maximum atomic E-state index is 13.8. The fourth-order valence-electron chi connectivity index (χ4n) is 3.24. The molecule has 0 aliphatic carbocycles. The Balaban J connectivity index is 1.65. The second-order valence-electron chi connectivity index (χ2n) is 5.70. The largest absolute Gasteiger partial charge is 0.493 e. The van der Waals surface area contributed by atoms with E-state index in [2.05, 4.69) is 15.3 Å². The number of thiazole rings is 1. The number of methoxy groups -OCH3 is 1. The molecule has 2 aromatic rings. The van der Waals surface area contributed by atoms with Crippen LogP contribution in [0.15, 0.2) is 29.1 Å². The summed E-state index contributed by atoms with van der Waals surface area (Å²) in [5, 5.41) is 2.11. The Morgan fingerprint density at radius 2 is 2.36 bits per heavy atom. The second-order valence-corrected chi connectivity index (χ2v) is 6.42. The zero-order valence-corrected chi connectivity index (χ0v) is 13.6. The van der Waals surface area contributed by atoms with Crippen LogP contribution < -0.4 is 4.74 Å². The lowest BCUT2D eigenvalue weighted by molar-refractivity contribution is 0.252. The molecule has 0 saturated carbocycles. The zero-order chi connectivity index (χ0) is 15.4. The summed E-state index contributed by atoms with van der Waals surface area (Å²) in [5.41, 5.74) is 4.01.